The molecular formula is C28H42O5. The highest BCUT2D eigenvalue weighted by Crippen LogP contribution is 2.43. The summed E-state index contributed by atoms with van der Waals surface area (Å²) in [5.41, 5.74) is 3.65. The topological polar surface area (TPSA) is 68.2 Å². The van der Waals surface area contributed by atoms with Crippen LogP contribution in [0.2, 0.25) is 0 Å². The fourth-order valence-electron chi connectivity index (χ4n) is 4.48. The van der Waals surface area contributed by atoms with Gasteiger partial charge in [0.05, 0.1) is 26.9 Å². The molecule has 0 saturated carbocycles. The number of hydrogen-bond acceptors (Lipinski definition) is 5. The number of aliphatic hydroxyl groups excluding tert-OH is 1. The Morgan fingerprint density at radius 3 is 2.03 bits per heavy atom. The van der Waals surface area contributed by atoms with Crippen molar-refractivity contribution in [1.82, 2.24) is 0 Å². The number of phenols is 1. The minimum atomic E-state index is -0.714. The zero-order chi connectivity index (χ0) is 24.5. The Kier molecular flexibility index (Phi) is 10.4. The third-order valence-electron chi connectivity index (χ3n) is 6.31. The van der Waals surface area contributed by atoms with Crippen LogP contribution in [0.3, 0.4) is 0 Å². The van der Waals surface area contributed by atoms with Crippen molar-refractivity contribution in [2.45, 2.75) is 84.7 Å². The van der Waals surface area contributed by atoms with Crippen LogP contribution in [0.25, 0.3) is 0 Å². The fraction of sp³-hybridized carbons (Fsp3) is 0.571. The van der Waals surface area contributed by atoms with Gasteiger partial charge in [-0.25, -0.2) is 0 Å². The summed E-state index contributed by atoms with van der Waals surface area (Å²) in [6.07, 6.45) is 3.70. The molecule has 184 valence electrons. The average molecular weight is 459 g/mol. The summed E-state index contributed by atoms with van der Waals surface area (Å²) >= 11 is 0. The second kappa shape index (κ2) is 12.7. The van der Waals surface area contributed by atoms with E-state index in [4.69, 9.17) is 14.2 Å². The quantitative estimate of drug-likeness (QED) is 0.320. The number of ether oxygens (including phenoxy) is 3. The van der Waals surface area contributed by atoms with Crippen molar-refractivity contribution in [2.24, 2.45) is 0 Å². The molecule has 0 aliphatic rings. The number of rotatable bonds is 13. The van der Waals surface area contributed by atoms with Gasteiger partial charge >= 0.3 is 0 Å². The van der Waals surface area contributed by atoms with E-state index in [9.17, 15) is 10.2 Å². The first-order chi connectivity index (χ1) is 15.8. The highest BCUT2D eigenvalue weighted by atomic mass is 16.5. The molecule has 0 saturated heterocycles. The lowest BCUT2D eigenvalue weighted by atomic mass is 9.88. The largest absolute Gasteiger partial charge is 0.507 e. The van der Waals surface area contributed by atoms with Crippen LogP contribution in [0.5, 0.6) is 23.0 Å². The maximum atomic E-state index is 10.6. The van der Waals surface area contributed by atoms with Crippen molar-refractivity contribution in [2.75, 3.05) is 20.8 Å². The fourth-order valence-corrected chi connectivity index (χ4v) is 4.48. The smallest absolute Gasteiger partial charge is 0.164 e. The van der Waals surface area contributed by atoms with E-state index >= 15 is 0 Å². The Balaban J connectivity index is 2.14. The second-order valence-electron chi connectivity index (χ2n) is 8.97. The molecule has 0 fully saturated rings. The van der Waals surface area contributed by atoms with Gasteiger partial charge < -0.3 is 24.4 Å². The van der Waals surface area contributed by atoms with Gasteiger partial charge in [0.15, 0.2) is 11.5 Å². The van der Waals surface area contributed by atoms with Crippen molar-refractivity contribution >= 4 is 0 Å². The molecule has 0 amide bonds. The Bertz CT molecular complexity index is 888. The van der Waals surface area contributed by atoms with E-state index in [1.54, 1.807) is 27.2 Å². The summed E-state index contributed by atoms with van der Waals surface area (Å²) in [7, 11) is 3.41. The van der Waals surface area contributed by atoms with Gasteiger partial charge in [0.2, 0.25) is 0 Å². The third-order valence-corrected chi connectivity index (χ3v) is 6.31. The predicted octanol–water partition coefficient (Wildman–Crippen LogP) is 6.89. The molecule has 33 heavy (non-hydrogen) atoms. The van der Waals surface area contributed by atoms with Gasteiger partial charge in [-0.3, -0.25) is 0 Å². The minimum absolute atomic E-state index is 0.151. The van der Waals surface area contributed by atoms with Crippen LogP contribution in [0.1, 0.15) is 100 Å². The van der Waals surface area contributed by atoms with Gasteiger partial charge in [0, 0.05) is 22.3 Å². The van der Waals surface area contributed by atoms with Crippen molar-refractivity contribution in [1.29, 1.82) is 0 Å². The van der Waals surface area contributed by atoms with Crippen LogP contribution < -0.4 is 14.2 Å². The SMILES string of the molecule is CCCc1c(OCCCC(CC)c2ccc(C(C)C)c(OC)c2OC)ccc(C(C)O)c1O. The predicted molar refractivity (Wildman–Crippen MR) is 134 cm³/mol. The van der Waals surface area contributed by atoms with Crippen molar-refractivity contribution < 1.29 is 24.4 Å². The molecule has 2 N–H and O–H groups in total. The summed E-state index contributed by atoms with van der Waals surface area (Å²) in [5.74, 6) is 3.20. The number of aliphatic hydroxyl groups is 1. The molecule has 2 aromatic rings. The van der Waals surface area contributed by atoms with Crippen LogP contribution in [0.15, 0.2) is 24.3 Å². The first kappa shape index (κ1) is 26.8. The molecule has 0 aliphatic heterocycles. The lowest BCUT2D eigenvalue weighted by Gasteiger charge is -2.23. The summed E-state index contributed by atoms with van der Waals surface area (Å²) in [6, 6.07) is 7.95. The number of phenolic OH excluding ortho intramolecular Hbond substituents is 1. The van der Waals surface area contributed by atoms with E-state index in [0.717, 1.165) is 48.3 Å². The number of benzene rings is 2. The molecule has 0 spiro atoms. The number of hydrogen-bond donors (Lipinski definition) is 2. The van der Waals surface area contributed by atoms with Crippen LogP contribution in [0.4, 0.5) is 0 Å². The number of methoxy groups -OCH3 is 2. The summed E-state index contributed by atoms with van der Waals surface area (Å²) in [5, 5.41) is 20.5. The van der Waals surface area contributed by atoms with E-state index in [0.29, 0.717) is 36.2 Å². The maximum Gasteiger partial charge on any atom is 0.164 e. The van der Waals surface area contributed by atoms with E-state index < -0.39 is 6.10 Å². The van der Waals surface area contributed by atoms with E-state index in [-0.39, 0.29) is 5.75 Å². The van der Waals surface area contributed by atoms with E-state index in [1.165, 1.54) is 5.56 Å². The lowest BCUT2D eigenvalue weighted by Crippen LogP contribution is -2.08. The molecule has 2 unspecified atom stereocenters. The Hall–Kier alpha value is -2.40. The van der Waals surface area contributed by atoms with Crippen LogP contribution >= 0.6 is 0 Å². The Labute approximate surface area is 199 Å². The highest BCUT2D eigenvalue weighted by molar-refractivity contribution is 5.54. The van der Waals surface area contributed by atoms with Gasteiger partial charge in [-0.2, -0.15) is 0 Å². The molecular weight excluding hydrogens is 416 g/mol. The molecule has 0 bridgehead atoms. The average Bonchev–Trinajstić information content (AvgIpc) is 2.79. The van der Waals surface area contributed by atoms with E-state index in [1.807, 2.05) is 6.07 Å². The summed E-state index contributed by atoms with van der Waals surface area (Å²) < 4.78 is 17.6. The van der Waals surface area contributed by atoms with Gasteiger partial charge in [0.1, 0.15) is 11.5 Å². The molecule has 0 heterocycles. The van der Waals surface area contributed by atoms with Crippen molar-refractivity contribution in [3.63, 3.8) is 0 Å². The van der Waals surface area contributed by atoms with Crippen molar-refractivity contribution in [3.05, 3.63) is 46.5 Å². The monoisotopic (exact) mass is 458 g/mol. The van der Waals surface area contributed by atoms with Gasteiger partial charge in [-0.1, -0.05) is 46.2 Å². The second-order valence-corrected chi connectivity index (χ2v) is 8.97. The normalized spacial score (nSPS) is 13.1. The molecule has 2 aromatic carbocycles. The summed E-state index contributed by atoms with van der Waals surface area (Å²) in [6.45, 7) is 10.8. The first-order valence-corrected chi connectivity index (χ1v) is 12.2. The zero-order valence-electron chi connectivity index (χ0n) is 21.4. The Morgan fingerprint density at radius 2 is 1.48 bits per heavy atom. The Morgan fingerprint density at radius 1 is 0.879 bits per heavy atom. The summed E-state index contributed by atoms with van der Waals surface area (Å²) in [4.78, 5) is 0. The maximum absolute atomic E-state index is 10.6. The molecule has 2 rings (SSSR count). The molecule has 2 atom stereocenters. The minimum Gasteiger partial charge on any atom is -0.507 e. The third kappa shape index (κ3) is 6.35. The molecule has 0 aromatic heterocycles. The van der Waals surface area contributed by atoms with Crippen molar-refractivity contribution in [3.8, 4) is 23.0 Å². The number of aromatic hydroxyl groups is 1. The lowest BCUT2D eigenvalue weighted by molar-refractivity contribution is 0.194. The van der Waals surface area contributed by atoms with Crippen LogP contribution in [-0.2, 0) is 6.42 Å². The van der Waals surface area contributed by atoms with Gasteiger partial charge in [-0.15, -0.1) is 0 Å². The zero-order valence-corrected chi connectivity index (χ0v) is 21.4. The van der Waals surface area contributed by atoms with Crippen LogP contribution in [0, 0.1) is 0 Å². The molecule has 0 aliphatic carbocycles. The molecule has 5 nitrogen and oxygen atoms in total. The van der Waals surface area contributed by atoms with E-state index in [2.05, 4.69) is 39.8 Å². The van der Waals surface area contributed by atoms with Crippen LogP contribution in [-0.4, -0.2) is 31.0 Å². The first-order valence-electron chi connectivity index (χ1n) is 12.2. The van der Waals surface area contributed by atoms with Gasteiger partial charge in [-0.05, 0) is 56.6 Å². The van der Waals surface area contributed by atoms with Gasteiger partial charge in [0.25, 0.3) is 0 Å². The highest BCUT2D eigenvalue weighted by Gasteiger charge is 2.22. The molecule has 5 heteroatoms. The standard InChI is InChI=1S/C28H42O5/c1-8-11-24-25(16-15-22(19(5)29)26(24)30)33-17-10-12-20(9-2)23-14-13-21(18(3)4)27(31-6)28(23)32-7/h13-16,18-20,29-30H,8-12,17H2,1-7H3. The molecule has 0 radical (unpaired) electrons.